The molecule has 0 saturated carbocycles. The van der Waals surface area contributed by atoms with E-state index in [4.69, 9.17) is 9.72 Å². The summed E-state index contributed by atoms with van der Waals surface area (Å²) >= 11 is 0. The fourth-order valence-electron chi connectivity index (χ4n) is 6.96. The number of aromatic nitrogens is 3. The minimum Gasteiger partial charge on any atom is -0.389 e. The van der Waals surface area contributed by atoms with E-state index in [9.17, 15) is 9.90 Å². The SMILES string of the molecule is Cc1c(-c2nc(N[C@@H]3CCOC[C@H]3O)ncc2F)ccc2ncc(CN3CCC[C@]4(CCNC4=O)C3)c(C(C)C)c12. The average molecular weight is 563 g/mol. The third-order valence-electron chi connectivity index (χ3n) is 9.06. The van der Waals surface area contributed by atoms with Crippen molar-refractivity contribution in [3.05, 3.63) is 47.0 Å². The van der Waals surface area contributed by atoms with Crippen molar-refractivity contribution in [2.75, 3.05) is 38.2 Å². The Labute approximate surface area is 239 Å². The molecule has 9 nitrogen and oxygen atoms in total. The van der Waals surface area contributed by atoms with Crippen LogP contribution in [0, 0.1) is 18.2 Å². The van der Waals surface area contributed by atoms with E-state index >= 15 is 4.39 Å². The number of aliphatic hydroxyl groups excluding tert-OH is 1. The second kappa shape index (κ2) is 11.2. The highest BCUT2D eigenvalue weighted by molar-refractivity contribution is 5.92. The quantitative estimate of drug-likeness (QED) is 0.415. The number of amides is 1. The number of likely N-dealkylation sites (tertiary alicyclic amines) is 1. The first kappa shape index (κ1) is 27.9. The number of pyridine rings is 1. The van der Waals surface area contributed by atoms with Crippen LogP contribution in [0.25, 0.3) is 22.2 Å². The van der Waals surface area contributed by atoms with Gasteiger partial charge < -0.3 is 20.5 Å². The zero-order valence-corrected chi connectivity index (χ0v) is 24.0. The molecular weight excluding hydrogens is 523 g/mol. The van der Waals surface area contributed by atoms with Crippen LogP contribution in [0.5, 0.6) is 0 Å². The Morgan fingerprint density at radius 2 is 2.12 bits per heavy atom. The monoisotopic (exact) mass is 562 g/mol. The molecule has 2 aromatic heterocycles. The summed E-state index contributed by atoms with van der Waals surface area (Å²) in [6.45, 7) is 10.3. The first-order valence-electron chi connectivity index (χ1n) is 14.7. The van der Waals surface area contributed by atoms with Crippen LogP contribution in [0.1, 0.15) is 62.1 Å². The van der Waals surface area contributed by atoms with Gasteiger partial charge in [0.1, 0.15) is 5.69 Å². The first-order valence-corrected chi connectivity index (χ1v) is 14.7. The Bertz CT molecular complexity index is 1470. The molecule has 0 bridgehead atoms. The van der Waals surface area contributed by atoms with Gasteiger partial charge in [-0.15, -0.1) is 0 Å². The molecule has 3 fully saturated rings. The number of ether oxygens (including phenoxy) is 1. The average Bonchev–Trinajstić information content (AvgIpc) is 3.29. The van der Waals surface area contributed by atoms with Gasteiger partial charge in [0.15, 0.2) is 5.82 Å². The van der Waals surface area contributed by atoms with Gasteiger partial charge in [-0.25, -0.2) is 14.4 Å². The van der Waals surface area contributed by atoms with Gasteiger partial charge in [-0.05, 0) is 67.8 Å². The smallest absolute Gasteiger partial charge is 0.227 e. The lowest BCUT2D eigenvalue weighted by Crippen LogP contribution is -2.46. The molecule has 3 atom stereocenters. The van der Waals surface area contributed by atoms with Crippen LogP contribution < -0.4 is 10.6 Å². The number of hydrogen-bond donors (Lipinski definition) is 3. The van der Waals surface area contributed by atoms with Crippen LogP contribution >= 0.6 is 0 Å². The van der Waals surface area contributed by atoms with Crippen molar-refractivity contribution in [3.63, 3.8) is 0 Å². The lowest BCUT2D eigenvalue weighted by Gasteiger charge is -2.38. The van der Waals surface area contributed by atoms with E-state index in [1.165, 1.54) is 11.8 Å². The van der Waals surface area contributed by atoms with E-state index in [2.05, 4.69) is 39.3 Å². The minimum atomic E-state index is -0.681. The molecule has 218 valence electrons. The maximum atomic E-state index is 15.2. The number of aliphatic hydroxyl groups is 1. The van der Waals surface area contributed by atoms with E-state index in [0.29, 0.717) is 18.6 Å². The highest BCUT2D eigenvalue weighted by Gasteiger charge is 2.45. The highest BCUT2D eigenvalue weighted by atomic mass is 19.1. The third-order valence-corrected chi connectivity index (χ3v) is 9.06. The van der Waals surface area contributed by atoms with Crippen LogP contribution in [0.15, 0.2) is 24.5 Å². The van der Waals surface area contributed by atoms with Crippen molar-refractivity contribution in [2.24, 2.45) is 5.41 Å². The van der Waals surface area contributed by atoms with Crippen molar-refractivity contribution in [3.8, 4) is 11.3 Å². The van der Waals surface area contributed by atoms with Crippen molar-refractivity contribution in [2.45, 2.75) is 71.1 Å². The largest absolute Gasteiger partial charge is 0.389 e. The molecule has 1 amide bonds. The van der Waals surface area contributed by atoms with Gasteiger partial charge in [0.2, 0.25) is 11.9 Å². The first-order chi connectivity index (χ1) is 19.8. The lowest BCUT2D eigenvalue weighted by atomic mass is 9.78. The van der Waals surface area contributed by atoms with Gasteiger partial charge in [0.05, 0.1) is 35.9 Å². The number of fused-ring (bicyclic) bond motifs is 1. The predicted octanol–water partition coefficient (Wildman–Crippen LogP) is 3.93. The van der Waals surface area contributed by atoms with Gasteiger partial charge in [0, 0.05) is 43.4 Å². The normalized spacial score (nSPS) is 25.3. The summed E-state index contributed by atoms with van der Waals surface area (Å²) in [5.74, 6) is 0.169. The standard InChI is InChI=1S/C31H39FN6O3/c1-18(2)26-20(15-38-11-4-8-31(17-38)9-10-33-29(31)40)13-34-24-6-5-21(19(3)27(24)26)28-22(32)14-35-30(37-28)36-23-7-12-41-16-25(23)39/h5-6,13-14,18,23,25,39H,4,7-12,15-17H2,1-3H3,(H,33,40)(H,35,36,37)/t23-,25-,31+/m1/s1. The van der Waals surface area contributed by atoms with Crippen molar-refractivity contribution >= 4 is 22.8 Å². The van der Waals surface area contributed by atoms with E-state index < -0.39 is 11.9 Å². The molecule has 0 unspecified atom stereocenters. The van der Waals surface area contributed by atoms with E-state index in [1.807, 2.05) is 25.3 Å². The summed E-state index contributed by atoms with van der Waals surface area (Å²) in [6, 6.07) is 3.55. The zero-order valence-electron chi connectivity index (χ0n) is 24.0. The molecule has 3 aliphatic heterocycles. The van der Waals surface area contributed by atoms with Gasteiger partial charge >= 0.3 is 0 Å². The Morgan fingerprint density at radius 1 is 1.27 bits per heavy atom. The van der Waals surface area contributed by atoms with Gasteiger partial charge in [0.25, 0.3) is 0 Å². The second-order valence-electron chi connectivity index (χ2n) is 12.2. The van der Waals surface area contributed by atoms with Gasteiger partial charge in [-0.3, -0.25) is 14.7 Å². The lowest BCUT2D eigenvalue weighted by molar-refractivity contribution is -0.130. The molecular formula is C31H39FN6O3. The van der Waals surface area contributed by atoms with Crippen molar-refractivity contribution in [1.29, 1.82) is 0 Å². The maximum absolute atomic E-state index is 15.2. The number of rotatable bonds is 6. The molecule has 41 heavy (non-hydrogen) atoms. The van der Waals surface area contributed by atoms with Crippen LogP contribution in [-0.2, 0) is 16.1 Å². The van der Waals surface area contributed by atoms with Crippen LogP contribution in [0.4, 0.5) is 10.3 Å². The predicted molar refractivity (Wildman–Crippen MR) is 155 cm³/mol. The van der Waals surface area contributed by atoms with E-state index in [-0.39, 0.29) is 41.5 Å². The minimum absolute atomic E-state index is 0.190. The van der Waals surface area contributed by atoms with E-state index in [0.717, 1.165) is 67.5 Å². The molecule has 3 saturated heterocycles. The van der Waals surface area contributed by atoms with Crippen LogP contribution in [0.3, 0.4) is 0 Å². The molecule has 10 heteroatoms. The number of nitrogens with zero attached hydrogens (tertiary/aromatic N) is 4. The van der Waals surface area contributed by atoms with Gasteiger partial charge in [-0.1, -0.05) is 19.9 Å². The number of nitrogens with one attached hydrogen (secondary N) is 2. The maximum Gasteiger partial charge on any atom is 0.227 e. The third kappa shape index (κ3) is 5.29. The number of carbonyl (C=O) groups is 1. The number of piperidine rings is 1. The van der Waals surface area contributed by atoms with Crippen LogP contribution in [0.2, 0.25) is 0 Å². The number of anilines is 1. The van der Waals surface area contributed by atoms with Crippen molar-refractivity contribution in [1.82, 2.24) is 25.2 Å². The number of aryl methyl sites for hydroxylation is 1. The van der Waals surface area contributed by atoms with Gasteiger partial charge in [-0.2, -0.15) is 0 Å². The Hall–Kier alpha value is -3.21. The van der Waals surface area contributed by atoms with Crippen molar-refractivity contribution < 1.29 is 19.0 Å². The fourth-order valence-corrected chi connectivity index (χ4v) is 6.96. The summed E-state index contributed by atoms with van der Waals surface area (Å²) in [7, 11) is 0. The summed E-state index contributed by atoms with van der Waals surface area (Å²) < 4.78 is 20.6. The van der Waals surface area contributed by atoms with E-state index in [1.54, 1.807) is 0 Å². The topological polar surface area (TPSA) is 112 Å². The molecule has 3 N–H and O–H groups in total. The summed E-state index contributed by atoms with van der Waals surface area (Å²) in [6.07, 6.45) is 5.93. The molecule has 6 rings (SSSR count). The Kier molecular flexibility index (Phi) is 7.65. The number of benzene rings is 1. The highest BCUT2D eigenvalue weighted by Crippen LogP contribution is 2.39. The molecule has 3 aromatic rings. The Balaban J connectivity index is 1.36. The molecule has 0 aliphatic carbocycles. The Morgan fingerprint density at radius 3 is 2.88 bits per heavy atom. The number of halogens is 1. The van der Waals surface area contributed by atoms with Crippen LogP contribution in [-0.4, -0.2) is 75.9 Å². The summed E-state index contributed by atoms with van der Waals surface area (Å²) in [5, 5.41) is 17.5. The fraction of sp³-hybridized carbons (Fsp3) is 0.548. The number of hydrogen-bond acceptors (Lipinski definition) is 8. The molecule has 3 aliphatic rings. The second-order valence-corrected chi connectivity index (χ2v) is 12.2. The summed E-state index contributed by atoms with van der Waals surface area (Å²) in [4.78, 5) is 28.6. The molecule has 0 radical (unpaired) electrons. The molecule has 1 aromatic carbocycles. The zero-order chi connectivity index (χ0) is 28.7. The summed E-state index contributed by atoms with van der Waals surface area (Å²) in [5.41, 5.74) is 4.75. The number of carbonyl (C=O) groups excluding carboxylic acids is 1. The molecule has 1 spiro atoms. The molecule has 5 heterocycles.